The van der Waals surface area contributed by atoms with Gasteiger partial charge < -0.3 is 10.1 Å². The maximum Gasteiger partial charge on any atom is 0.118 e. The monoisotopic (exact) mass is 211 g/mol. The van der Waals surface area contributed by atoms with Crippen molar-refractivity contribution in [3.8, 4) is 5.75 Å². The lowest BCUT2D eigenvalue weighted by atomic mass is 10.3. The molecule has 1 atom stereocenters. The third-order valence-corrected chi connectivity index (χ3v) is 3.00. The van der Waals surface area contributed by atoms with E-state index in [1.54, 1.807) is 7.11 Å². The Morgan fingerprint density at radius 1 is 1.36 bits per heavy atom. The highest BCUT2D eigenvalue weighted by Gasteiger charge is 2.02. The third kappa shape index (κ3) is 3.60. The average Bonchev–Trinajstić information content (AvgIpc) is 2.19. The molecule has 14 heavy (non-hydrogen) atoms. The van der Waals surface area contributed by atoms with Crippen LogP contribution >= 0.6 is 11.8 Å². The zero-order valence-electron chi connectivity index (χ0n) is 8.91. The van der Waals surface area contributed by atoms with Crippen LogP contribution < -0.4 is 10.1 Å². The predicted molar refractivity (Wildman–Crippen MR) is 62.2 cm³/mol. The van der Waals surface area contributed by atoms with Crippen LogP contribution in [-0.4, -0.2) is 26.0 Å². The second-order valence-electron chi connectivity index (χ2n) is 3.16. The Morgan fingerprint density at radius 3 is 2.50 bits per heavy atom. The molecule has 0 aliphatic rings. The number of thioether (sulfide) groups is 1. The Labute approximate surface area is 90.0 Å². The van der Waals surface area contributed by atoms with Crippen LogP contribution in [0.3, 0.4) is 0 Å². The smallest absolute Gasteiger partial charge is 0.118 e. The SMILES string of the molecule is CNCC(C)Sc1ccc(OC)cc1. The van der Waals surface area contributed by atoms with E-state index in [9.17, 15) is 0 Å². The molecule has 0 heterocycles. The minimum absolute atomic E-state index is 0.591. The van der Waals surface area contributed by atoms with Crippen LogP contribution in [0.2, 0.25) is 0 Å². The molecular formula is C11H17NOS. The summed E-state index contributed by atoms with van der Waals surface area (Å²) in [4.78, 5) is 1.29. The van der Waals surface area contributed by atoms with Crippen LogP contribution in [-0.2, 0) is 0 Å². The van der Waals surface area contributed by atoms with Crippen molar-refractivity contribution in [1.82, 2.24) is 5.32 Å². The first kappa shape index (κ1) is 11.4. The van der Waals surface area contributed by atoms with Gasteiger partial charge in [-0.25, -0.2) is 0 Å². The largest absolute Gasteiger partial charge is 0.497 e. The molecule has 1 aromatic rings. The summed E-state index contributed by atoms with van der Waals surface area (Å²) in [5.74, 6) is 0.913. The third-order valence-electron chi connectivity index (χ3n) is 1.89. The van der Waals surface area contributed by atoms with Gasteiger partial charge in [0.1, 0.15) is 5.75 Å². The molecule has 0 saturated carbocycles. The minimum atomic E-state index is 0.591. The van der Waals surface area contributed by atoms with Crippen molar-refractivity contribution >= 4 is 11.8 Å². The first-order chi connectivity index (χ1) is 6.76. The average molecular weight is 211 g/mol. The number of hydrogen-bond acceptors (Lipinski definition) is 3. The summed E-state index contributed by atoms with van der Waals surface area (Å²) in [5.41, 5.74) is 0. The second kappa shape index (κ2) is 5.94. The molecule has 0 spiro atoms. The molecule has 1 aromatic carbocycles. The number of ether oxygens (including phenoxy) is 1. The molecule has 78 valence electrons. The molecule has 0 amide bonds. The minimum Gasteiger partial charge on any atom is -0.497 e. The molecule has 1 unspecified atom stereocenters. The van der Waals surface area contributed by atoms with E-state index >= 15 is 0 Å². The summed E-state index contributed by atoms with van der Waals surface area (Å²) < 4.78 is 5.10. The highest BCUT2D eigenvalue weighted by atomic mass is 32.2. The van der Waals surface area contributed by atoms with Crippen LogP contribution in [0.25, 0.3) is 0 Å². The molecule has 3 heteroatoms. The first-order valence-corrected chi connectivity index (χ1v) is 5.59. The Morgan fingerprint density at radius 2 is 2.00 bits per heavy atom. The van der Waals surface area contributed by atoms with E-state index in [1.165, 1.54) is 4.90 Å². The fourth-order valence-electron chi connectivity index (χ4n) is 1.22. The molecule has 0 bridgehead atoms. The lowest BCUT2D eigenvalue weighted by Crippen LogP contribution is -2.17. The van der Waals surface area contributed by atoms with Crippen molar-refractivity contribution in [2.45, 2.75) is 17.1 Å². The quantitative estimate of drug-likeness (QED) is 0.756. The van der Waals surface area contributed by atoms with Gasteiger partial charge in [0.25, 0.3) is 0 Å². The highest BCUT2D eigenvalue weighted by Crippen LogP contribution is 2.24. The summed E-state index contributed by atoms with van der Waals surface area (Å²) in [5, 5.41) is 3.76. The molecular weight excluding hydrogens is 194 g/mol. The molecule has 0 radical (unpaired) electrons. The first-order valence-electron chi connectivity index (χ1n) is 4.71. The van der Waals surface area contributed by atoms with Crippen molar-refractivity contribution in [3.63, 3.8) is 0 Å². The summed E-state index contributed by atoms with van der Waals surface area (Å²) in [6, 6.07) is 8.17. The van der Waals surface area contributed by atoms with Gasteiger partial charge in [0.15, 0.2) is 0 Å². The van der Waals surface area contributed by atoms with Gasteiger partial charge in [-0.15, -0.1) is 11.8 Å². The Bertz CT molecular complexity index is 260. The number of methoxy groups -OCH3 is 1. The molecule has 0 fully saturated rings. The van der Waals surface area contributed by atoms with Gasteiger partial charge in [-0.05, 0) is 31.3 Å². The van der Waals surface area contributed by atoms with Crippen LogP contribution in [0, 0.1) is 0 Å². The van der Waals surface area contributed by atoms with Crippen molar-refractivity contribution in [1.29, 1.82) is 0 Å². The van der Waals surface area contributed by atoms with Gasteiger partial charge in [-0.3, -0.25) is 0 Å². The van der Waals surface area contributed by atoms with Crippen molar-refractivity contribution < 1.29 is 4.74 Å². The molecule has 2 nitrogen and oxygen atoms in total. The highest BCUT2D eigenvalue weighted by molar-refractivity contribution is 8.00. The van der Waals surface area contributed by atoms with Crippen LogP contribution in [0.1, 0.15) is 6.92 Å². The van der Waals surface area contributed by atoms with Crippen molar-refractivity contribution in [2.75, 3.05) is 20.7 Å². The van der Waals surface area contributed by atoms with E-state index in [0.717, 1.165) is 12.3 Å². The zero-order chi connectivity index (χ0) is 10.4. The normalized spacial score (nSPS) is 12.5. The van der Waals surface area contributed by atoms with Gasteiger partial charge >= 0.3 is 0 Å². The molecule has 0 saturated heterocycles. The Balaban J connectivity index is 2.50. The maximum absolute atomic E-state index is 5.10. The molecule has 1 N–H and O–H groups in total. The molecule has 0 aliphatic heterocycles. The van der Waals surface area contributed by atoms with Crippen LogP contribution in [0.5, 0.6) is 5.75 Å². The van der Waals surface area contributed by atoms with Crippen molar-refractivity contribution in [3.05, 3.63) is 24.3 Å². The summed E-state index contributed by atoms with van der Waals surface area (Å²) in [6.07, 6.45) is 0. The fraction of sp³-hybridized carbons (Fsp3) is 0.455. The lowest BCUT2D eigenvalue weighted by molar-refractivity contribution is 0.414. The summed E-state index contributed by atoms with van der Waals surface area (Å²) in [7, 11) is 3.66. The van der Waals surface area contributed by atoms with Gasteiger partial charge in [0, 0.05) is 16.7 Å². The number of nitrogens with one attached hydrogen (secondary N) is 1. The van der Waals surface area contributed by atoms with Gasteiger partial charge in [-0.2, -0.15) is 0 Å². The zero-order valence-corrected chi connectivity index (χ0v) is 9.73. The number of benzene rings is 1. The van der Waals surface area contributed by atoms with E-state index in [0.29, 0.717) is 5.25 Å². The fourth-order valence-corrected chi connectivity index (χ4v) is 2.22. The predicted octanol–water partition coefficient (Wildman–Crippen LogP) is 2.40. The lowest BCUT2D eigenvalue weighted by Gasteiger charge is -2.10. The second-order valence-corrected chi connectivity index (χ2v) is 4.67. The Hall–Kier alpha value is -0.670. The Kier molecular flexibility index (Phi) is 4.84. The van der Waals surface area contributed by atoms with E-state index < -0.39 is 0 Å². The van der Waals surface area contributed by atoms with Gasteiger partial charge in [-0.1, -0.05) is 6.92 Å². The van der Waals surface area contributed by atoms with Gasteiger partial charge in [0.05, 0.1) is 7.11 Å². The van der Waals surface area contributed by atoms with Gasteiger partial charge in [0.2, 0.25) is 0 Å². The molecule has 0 aliphatic carbocycles. The maximum atomic E-state index is 5.10. The summed E-state index contributed by atoms with van der Waals surface area (Å²) in [6.45, 7) is 3.24. The number of hydrogen-bond donors (Lipinski definition) is 1. The molecule has 1 rings (SSSR count). The standard InChI is InChI=1S/C11H17NOS/c1-9(8-12-2)14-11-6-4-10(13-3)5-7-11/h4-7,9,12H,8H2,1-3H3. The van der Waals surface area contributed by atoms with E-state index in [2.05, 4.69) is 24.4 Å². The number of rotatable bonds is 5. The topological polar surface area (TPSA) is 21.3 Å². The summed E-state index contributed by atoms with van der Waals surface area (Å²) >= 11 is 1.87. The van der Waals surface area contributed by atoms with E-state index in [4.69, 9.17) is 4.74 Å². The van der Waals surface area contributed by atoms with Crippen LogP contribution in [0.15, 0.2) is 29.2 Å². The van der Waals surface area contributed by atoms with Crippen LogP contribution in [0.4, 0.5) is 0 Å². The van der Waals surface area contributed by atoms with E-state index in [-0.39, 0.29) is 0 Å². The van der Waals surface area contributed by atoms with Crippen molar-refractivity contribution in [2.24, 2.45) is 0 Å². The van der Waals surface area contributed by atoms with E-state index in [1.807, 2.05) is 30.9 Å². The molecule has 0 aromatic heterocycles.